The van der Waals surface area contributed by atoms with Gasteiger partial charge >= 0.3 is 11.9 Å². The van der Waals surface area contributed by atoms with Crippen molar-refractivity contribution in [3.05, 3.63) is 0 Å². The normalized spacial score (nSPS) is 16.0. The lowest BCUT2D eigenvalue weighted by Gasteiger charge is -2.26. The summed E-state index contributed by atoms with van der Waals surface area (Å²) < 4.78 is 0. The highest BCUT2D eigenvalue weighted by Crippen LogP contribution is 2.09. The molecule has 0 aromatic carbocycles. The number of nitrogens with two attached hydrogens (primary N) is 1. The van der Waals surface area contributed by atoms with E-state index in [2.05, 4.69) is 16.0 Å². The quantitative estimate of drug-likeness (QED) is 0.181. The Bertz CT molecular complexity index is 597. The summed E-state index contributed by atoms with van der Waals surface area (Å²) >= 11 is 0. The molecule has 5 atom stereocenters. The van der Waals surface area contributed by atoms with Crippen LogP contribution in [0.3, 0.4) is 0 Å². The third-order valence-electron chi connectivity index (χ3n) is 4.07. The van der Waals surface area contributed by atoms with E-state index in [9.17, 15) is 24.0 Å². The molecule has 8 N–H and O–H groups in total. The summed E-state index contributed by atoms with van der Waals surface area (Å²) in [6, 6.07) is -5.11. The Morgan fingerprint density at radius 3 is 1.93 bits per heavy atom. The SMILES string of the molecule is CCC(C)C(NC(=O)C(C)NC(=O)C(N)CC(=O)O)C(=O)NC(CO)C(=O)O. The van der Waals surface area contributed by atoms with E-state index in [1.54, 1.807) is 13.8 Å². The van der Waals surface area contributed by atoms with Gasteiger partial charge in [-0.1, -0.05) is 20.3 Å². The van der Waals surface area contributed by atoms with Crippen LogP contribution in [0.15, 0.2) is 0 Å². The first-order valence-corrected chi connectivity index (χ1v) is 8.66. The number of amides is 3. The van der Waals surface area contributed by atoms with Crippen molar-refractivity contribution in [3.8, 4) is 0 Å². The molecule has 3 amide bonds. The molecule has 0 fully saturated rings. The van der Waals surface area contributed by atoms with Gasteiger partial charge in [0.05, 0.1) is 19.1 Å². The molecule has 0 aliphatic carbocycles. The Morgan fingerprint density at radius 2 is 1.50 bits per heavy atom. The first-order chi connectivity index (χ1) is 12.9. The van der Waals surface area contributed by atoms with Crippen LogP contribution in [-0.2, 0) is 24.0 Å². The van der Waals surface area contributed by atoms with Crippen LogP contribution in [0.25, 0.3) is 0 Å². The standard InChI is InChI=1S/C16H28N4O8/c1-4-7(2)12(15(26)19-10(6-21)16(27)28)20-13(24)8(3)18-14(25)9(17)5-11(22)23/h7-10,12,21H,4-6,17H2,1-3H3,(H,18,25)(H,19,26)(H,20,24)(H,22,23)(H,27,28). The number of aliphatic carboxylic acids is 2. The van der Waals surface area contributed by atoms with Gasteiger partial charge in [-0.25, -0.2) is 4.79 Å². The summed E-state index contributed by atoms with van der Waals surface area (Å²) in [5.74, 6) is -5.48. The summed E-state index contributed by atoms with van der Waals surface area (Å²) in [6.45, 7) is 3.91. The zero-order valence-corrected chi connectivity index (χ0v) is 16.0. The number of hydrogen-bond donors (Lipinski definition) is 7. The molecule has 0 heterocycles. The second-order valence-corrected chi connectivity index (χ2v) is 6.39. The van der Waals surface area contributed by atoms with Gasteiger partial charge in [0.1, 0.15) is 18.1 Å². The smallest absolute Gasteiger partial charge is 0.328 e. The van der Waals surface area contributed by atoms with Crippen molar-refractivity contribution in [1.29, 1.82) is 0 Å². The predicted molar refractivity (Wildman–Crippen MR) is 95.9 cm³/mol. The minimum atomic E-state index is -1.53. The van der Waals surface area contributed by atoms with Crippen molar-refractivity contribution in [2.75, 3.05) is 6.61 Å². The van der Waals surface area contributed by atoms with E-state index in [1.165, 1.54) is 6.92 Å². The van der Waals surface area contributed by atoms with Gasteiger partial charge in [-0.05, 0) is 12.8 Å². The number of carbonyl (C=O) groups is 5. The molecule has 0 rings (SSSR count). The van der Waals surface area contributed by atoms with E-state index in [4.69, 9.17) is 21.1 Å². The van der Waals surface area contributed by atoms with Gasteiger partial charge in [0.25, 0.3) is 0 Å². The molecule has 12 nitrogen and oxygen atoms in total. The number of carbonyl (C=O) groups excluding carboxylic acids is 3. The van der Waals surface area contributed by atoms with Crippen molar-refractivity contribution in [1.82, 2.24) is 16.0 Å². The second kappa shape index (κ2) is 11.9. The molecule has 5 unspecified atom stereocenters. The molecule has 0 saturated heterocycles. The van der Waals surface area contributed by atoms with E-state index in [0.717, 1.165) is 0 Å². The van der Waals surface area contributed by atoms with Crippen LogP contribution < -0.4 is 21.7 Å². The Balaban J connectivity index is 5.06. The number of carboxylic acids is 2. The summed E-state index contributed by atoms with van der Waals surface area (Å²) in [6.07, 6.45) is -0.144. The Kier molecular flexibility index (Phi) is 10.7. The van der Waals surface area contributed by atoms with E-state index < -0.39 is 66.9 Å². The maximum atomic E-state index is 12.4. The number of hydrogen-bond acceptors (Lipinski definition) is 7. The zero-order chi connectivity index (χ0) is 22.0. The van der Waals surface area contributed by atoms with Crippen molar-refractivity contribution >= 4 is 29.7 Å². The molecule has 0 aromatic heterocycles. The first-order valence-electron chi connectivity index (χ1n) is 8.66. The molecular weight excluding hydrogens is 376 g/mol. The zero-order valence-electron chi connectivity index (χ0n) is 16.0. The van der Waals surface area contributed by atoms with Gasteiger partial charge in [0, 0.05) is 0 Å². The van der Waals surface area contributed by atoms with E-state index in [0.29, 0.717) is 6.42 Å². The van der Waals surface area contributed by atoms with E-state index in [-0.39, 0.29) is 5.92 Å². The Labute approximate surface area is 161 Å². The van der Waals surface area contributed by atoms with Gasteiger partial charge in [-0.15, -0.1) is 0 Å². The predicted octanol–water partition coefficient (Wildman–Crippen LogP) is -2.61. The number of aliphatic hydroxyl groups is 1. The van der Waals surface area contributed by atoms with Crippen LogP contribution in [0, 0.1) is 5.92 Å². The lowest BCUT2D eigenvalue weighted by atomic mass is 9.97. The maximum absolute atomic E-state index is 12.4. The fourth-order valence-electron chi connectivity index (χ4n) is 2.09. The van der Waals surface area contributed by atoms with Gasteiger partial charge in [-0.3, -0.25) is 19.2 Å². The molecule has 0 aliphatic rings. The third-order valence-corrected chi connectivity index (χ3v) is 4.07. The summed E-state index contributed by atoms with van der Waals surface area (Å²) in [5, 5.41) is 33.4. The summed E-state index contributed by atoms with van der Waals surface area (Å²) in [7, 11) is 0. The minimum Gasteiger partial charge on any atom is -0.481 e. The average molecular weight is 404 g/mol. The highest BCUT2D eigenvalue weighted by Gasteiger charge is 2.31. The van der Waals surface area contributed by atoms with Gasteiger partial charge < -0.3 is 37.0 Å². The van der Waals surface area contributed by atoms with Crippen LogP contribution in [0.1, 0.15) is 33.6 Å². The Morgan fingerprint density at radius 1 is 0.929 bits per heavy atom. The lowest BCUT2D eigenvalue weighted by molar-refractivity contribution is -0.143. The first kappa shape index (κ1) is 25.3. The fourth-order valence-corrected chi connectivity index (χ4v) is 2.09. The van der Waals surface area contributed by atoms with E-state index in [1.807, 2.05) is 0 Å². The molecule has 28 heavy (non-hydrogen) atoms. The van der Waals surface area contributed by atoms with Crippen molar-refractivity contribution in [2.45, 2.75) is 57.8 Å². The second-order valence-electron chi connectivity index (χ2n) is 6.39. The van der Waals surface area contributed by atoms with Gasteiger partial charge in [0.15, 0.2) is 0 Å². The van der Waals surface area contributed by atoms with Crippen LogP contribution in [0.5, 0.6) is 0 Å². The highest BCUT2D eigenvalue weighted by atomic mass is 16.4. The molecule has 0 aromatic rings. The Hall–Kier alpha value is -2.73. The summed E-state index contributed by atoms with van der Waals surface area (Å²) in [5.41, 5.74) is 5.42. The minimum absolute atomic E-state index is 0.380. The van der Waals surface area contributed by atoms with Crippen molar-refractivity contribution in [3.63, 3.8) is 0 Å². The number of nitrogens with one attached hydrogen (secondary N) is 3. The van der Waals surface area contributed by atoms with Crippen LogP contribution in [0.4, 0.5) is 0 Å². The topological polar surface area (TPSA) is 208 Å². The van der Waals surface area contributed by atoms with Crippen molar-refractivity contribution in [2.24, 2.45) is 11.7 Å². The van der Waals surface area contributed by atoms with E-state index >= 15 is 0 Å². The lowest BCUT2D eigenvalue weighted by Crippen LogP contribution is -2.58. The maximum Gasteiger partial charge on any atom is 0.328 e. The number of carboxylic acid groups (broad SMARTS) is 2. The fraction of sp³-hybridized carbons (Fsp3) is 0.688. The molecule has 0 radical (unpaired) electrons. The molecule has 0 bridgehead atoms. The van der Waals surface area contributed by atoms with Crippen LogP contribution >= 0.6 is 0 Å². The van der Waals surface area contributed by atoms with Crippen LogP contribution in [-0.4, -0.2) is 75.8 Å². The molecular formula is C16H28N4O8. The largest absolute Gasteiger partial charge is 0.481 e. The summed E-state index contributed by atoms with van der Waals surface area (Å²) in [4.78, 5) is 58.0. The van der Waals surface area contributed by atoms with Crippen LogP contribution in [0.2, 0.25) is 0 Å². The van der Waals surface area contributed by atoms with Gasteiger partial charge in [0.2, 0.25) is 17.7 Å². The van der Waals surface area contributed by atoms with Crippen molar-refractivity contribution < 1.29 is 39.3 Å². The number of rotatable bonds is 12. The molecule has 0 spiro atoms. The molecule has 12 heteroatoms. The molecule has 0 aliphatic heterocycles. The number of aliphatic hydroxyl groups excluding tert-OH is 1. The average Bonchev–Trinajstić information content (AvgIpc) is 2.61. The third kappa shape index (κ3) is 8.31. The van der Waals surface area contributed by atoms with Gasteiger partial charge in [-0.2, -0.15) is 0 Å². The highest BCUT2D eigenvalue weighted by molar-refractivity contribution is 5.94. The molecule has 0 saturated carbocycles. The molecule has 160 valence electrons. The monoisotopic (exact) mass is 404 g/mol.